The Morgan fingerprint density at radius 3 is 1.15 bits per heavy atom. The molecule has 10 N–H and O–H groups in total. The minimum Gasteiger partial charge on any atom is -0.399 e. The minimum absolute atomic E-state index is 0.0619. The number of nitrogens with zero attached hydrogens (tertiary/aromatic N) is 7. The summed E-state index contributed by atoms with van der Waals surface area (Å²) in [6.45, 7) is 10.4. The number of anilines is 1. The van der Waals surface area contributed by atoms with Crippen LogP contribution in [0.1, 0.15) is 28.3 Å². The van der Waals surface area contributed by atoms with Crippen molar-refractivity contribution in [2.24, 2.45) is 0 Å². The molecular weight excluding hydrogens is 1400 g/mol. The molecule has 13 aromatic carbocycles. The number of non-ortho nitro benzene ring substituents is 1. The lowest BCUT2D eigenvalue weighted by Gasteiger charge is -2.06. The van der Waals surface area contributed by atoms with E-state index in [1.807, 2.05) is 98.0 Å². The van der Waals surface area contributed by atoms with Gasteiger partial charge in [-0.3, -0.25) is 20.1 Å². The first-order valence-corrected chi connectivity index (χ1v) is 37.5. The number of hydrogen-bond donors (Lipinski definition) is 9. The van der Waals surface area contributed by atoms with Crippen molar-refractivity contribution in [3.63, 3.8) is 0 Å². The van der Waals surface area contributed by atoms with Gasteiger partial charge in [-0.2, -0.15) is 0 Å². The molecule has 0 aliphatic carbocycles. The Bertz CT molecular complexity index is 7700. The van der Waals surface area contributed by atoms with Crippen LogP contribution in [-0.4, -0.2) is 74.7 Å². The van der Waals surface area contributed by atoms with E-state index in [1.165, 1.54) is 37.9 Å². The summed E-state index contributed by atoms with van der Waals surface area (Å²) in [5.41, 5.74) is 32.9. The molecule has 23 rings (SSSR count). The number of aryl methyl sites for hydroxylation is 5. The van der Waals surface area contributed by atoms with E-state index < -0.39 is 0 Å². The second kappa shape index (κ2) is 26.8. The summed E-state index contributed by atoms with van der Waals surface area (Å²) in [4.78, 5) is 68.4. The Labute approximate surface area is 644 Å². The first kappa shape index (κ1) is 67.1. The number of imidazole rings is 4. The molecule has 18 nitrogen and oxygen atoms in total. The number of para-hydroxylation sites is 4. The fourth-order valence-corrected chi connectivity index (χ4v) is 16.8. The number of benzene rings is 13. The third-order valence-corrected chi connectivity index (χ3v) is 21.8. The predicted octanol–water partition coefficient (Wildman–Crippen LogP) is 23.8. The van der Waals surface area contributed by atoms with Gasteiger partial charge in [-0.05, 0) is 129 Å². The van der Waals surface area contributed by atoms with Gasteiger partial charge in [-0.25, -0.2) is 19.9 Å². The number of nitro benzene ring substituents is 1. The number of H-pyrrole nitrogens is 8. The lowest BCUT2D eigenvalue weighted by Crippen LogP contribution is -1.89. The highest BCUT2D eigenvalue weighted by molar-refractivity contribution is 6.26. The highest BCUT2D eigenvalue weighted by Crippen LogP contribution is 2.44. The molecule has 0 fully saturated rings. The second-order valence-corrected chi connectivity index (χ2v) is 28.8. The van der Waals surface area contributed by atoms with Crippen LogP contribution in [0.2, 0.25) is 0 Å². The normalized spacial score (nSPS) is 11.7. The number of nitrogens with one attached hydrogen (secondary N) is 8. The summed E-state index contributed by atoms with van der Waals surface area (Å²) < 4.78 is 0. The number of nitrogens with two attached hydrogens (primary N) is 1. The van der Waals surface area contributed by atoms with Crippen molar-refractivity contribution in [3.05, 3.63) is 312 Å². The quantitative estimate of drug-likeness (QED) is 0.0317. The fraction of sp³-hybridized carbons (Fsp3) is 0.0526. The molecule has 542 valence electrons. The van der Waals surface area contributed by atoms with Crippen molar-refractivity contribution >= 4 is 153 Å². The van der Waals surface area contributed by atoms with Gasteiger partial charge in [-0.1, -0.05) is 181 Å². The molecule has 23 aromatic rings. The summed E-state index contributed by atoms with van der Waals surface area (Å²) in [6.07, 6.45) is 3.61. The third kappa shape index (κ3) is 11.3. The van der Waals surface area contributed by atoms with Gasteiger partial charge in [-0.15, -0.1) is 0 Å². The SMILES string of the molecule is Cc1[nH]c2ccccc2c1-c1nc2c3cc(N)ccc3c3ccccc3c2[nH]1.Cc1[nH]c2ccccc2c1-c1nc2c3cc([N+](=O)[O-])ccc3c3ccccc3c2[nH]1.Cc1[nH]c2ccccc2c1-c1nc2c3cccnc3c3ncccc3c2[nH]1.Cc1cccc(-c2nc(-c3c(C)[nH]c4ccccc34)[nH]c2-c2ccccc2)c1. The zero-order valence-corrected chi connectivity index (χ0v) is 62.0. The van der Waals surface area contributed by atoms with Crippen molar-refractivity contribution in [1.82, 2.24) is 69.8 Å². The molecule has 0 unspecified atom stereocenters. The number of aromatic amines is 8. The van der Waals surface area contributed by atoms with Crippen LogP contribution in [0, 0.1) is 44.7 Å². The lowest BCUT2D eigenvalue weighted by molar-refractivity contribution is -0.384. The molecule has 0 spiro atoms. The van der Waals surface area contributed by atoms with Gasteiger partial charge in [0.15, 0.2) is 0 Å². The maximum atomic E-state index is 11.4. The van der Waals surface area contributed by atoms with Crippen molar-refractivity contribution in [2.45, 2.75) is 34.6 Å². The molecule has 113 heavy (non-hydrogen) atoms. The van der Waals surface area contributed by atoms with Gasteiger partial charge in [0.1, 0.15) is 23.3 Å². The van der Waals surface area contributed by atoms with Crippen LogP contribution in [-0.2, 0) is 0 Å². The van der Waals surface area contributed by atoms with E-state index in [0.717, 1.165) is 206 Å². The van der Waals surface area contributed by atoms with Crippen LogP contribution in [0.4, 0.5) is 11.4 Å². The number of pyridine rings is 2. The van der Waals surface area contributed by atoms with Gasteiger partial charge in [0, 0.05) is 162 Å². The fourth-order valence-electron chi connectivity index (χ4n) is 16.8. The largest absolute Gasteiger partial charge is 0.399 e. The van der Waals surface area contributed by atoms with Crippen LogP contribution in [0.25, 0.3) is 210 Å². The number of nitrogen functional groups attached to an aromatic ring is 1. The van der Waals surface area contributed by atoms with Crippen LogP contribution >= 0.6 is 0 Å². The van der Waals surface area contributed by atoms with E-state index in [-0.39, 0.29) is 10.6 Å². The summed E-state index contributed by atoms with van der Waals surface area (Å²) in [5.74, 6) is 3.39. The van der Waals surface area contributed by atoms with Crippen molar-refractivity contribution in [3.8, 4) is 68.1 Å². The van der Waals surface area contributed by atoms with Crippen molar-refractivity contribution < 1.29 is 4.92 Å². The number of aromatic nitrogens is 14. The number of nitro groups is 1. The van der Waals surface area contributed by atoms with Crippen LogP contribution in [0.5, 0.6) is 0 Å². The average molecular weight is 1470 g/mol. The Morgan fingerprint density at radius 2 is 0.673 bits per heavy atom. The van der Waals surface area contributed by atoms with Gasteiger partial charge in [0.05, 0.1) is 60.4 Å². The molecule has 18 heteroatoms. The maximum absolute atomic E-state index is 11.4. The highest BCUT2D eigenvalue weighted by Gasteiger charge is 2.25. The summed E-state index contributed by atoms with van der Waals surface area (Å²) in [5, 5.41) is 26.5. The Hall–Kier alpha value is -15.3. The zero-order valence-electron chi connectivity index (χ0n) is 62.0. The Balaban J connectivity index is 0.0000000980. The first-order valence-electron chi connectivity index (χ1n) is 37.5. The summed E-state index contributed by atoms with van der Waals surface area (Å²) in [6, 6.07) is 87.7. The van der Waals surface area contributed by atoms with Crippen LogP contribution in [0.15, 0.2) is 273 Å². The third-order valence-electron chi connectivity index (χ3n) is 21.8. The highest BCUT2D eigenvalue weighted by atomic mass is 16.6. The Kier molecular flexibility index (Phi) is 15.9. The molecule has 0 amide bonds. The topological polar surface area (TPSA) is 273 Å². The number of fused-ring (bicyclic) bond motifs is 22. The van der Waals surface area contributed by atoms with Crippen molar-refractivity contribution in [2.75, 3.05) is 5.73 Å². The van der Waals surface area contributed by atoms with Crippen molar-refractivity contribution in [1.29, 1.82) is 0 Å². The smallest absolute Gasteiger partial charge is 0.270 e. The van der Waals surface area contributed by atoms with E-state index >= 15 is 0 Å². The monoisotopic (exact) mass is 1470 g/mol. The maximum Gasteiger partial charge on any atom is 0.270 e. The Morgan fingerprint density at radius 1 is 0.301 bits per heavy atom. The number of hydrogen-bond acceptors (Lipinski definition) is 9. The minimum atomic E-state index is -0.363. The molecule has 0 aliphatic rings. The summed E-state index contributed by atoms with van der Waals surface area (Å²) >= 11 is 0. The number of rotatable bonds is 7. The standard InChI is InChI=1S/C25H21N3.C24H16N4O2.C24H18N4.C22H15N5/c1-16-9-8-12-19(15-16)24-23(18-10-4-3-5-11-18)27-25(28-24)22-17(2)26-21-14-7-6-13-20(21)22;1-13-21(18-8-4-5-9-20(18)25-13)24-26-22-17-7-3-2-6-15(17)16-11-10-14(28(29)30)12-19(16)23(22)27-24;1-13-21(18-8-4-5-9-20(18)26-13)24-27-22-17-7-3-2-6-15(17)16-11-10-14(25)12-19(16)23(22)28-24;1-12-17(13-6-2-3-9-16(13)25-12)22-26-20-14-7-4-10-23-18(14)19-15(21(20)27-22)8-5-11-24-19/h3-15,26H,1-2H3,(H,27,28);2-12,25H,1H3,(H,26,27);2-12,26H,25H2,1H3,(H,27,28);2-11,25H,1H3,(H,26,27). The second-order valence-electron chi connectivity index (χ2n) is 28.8. The van der Waals surface area contributed by atoms with Crippen LogP contribution in [0.3, 0.4) is 0 Å². The first-order chi connectivity index (χ1) is 55.3. The molecule has 10 aromatic heterocycles. The molecule has 0 aliphatic heterocycles. The van der Waals surface area contributed by atoms with E-state index in [1.54, 1.807) is 18.3 Å². The zero-order chi connectivity index (χ0) is 76.3. The van der Waals surface area contributed by atoms with E-state index in [0.29, 0.717) is 0 Å². The summed E-state index contributed by atoms with van der Waals surface area (Å²) in [7, 11) is 0. The van der Waals surface area contributed by atoms with Gasteiger partial charge in [0.2, 0.25) is 0 Å². The van der Waals surface area contributed by atoms with E-state index in [9.17, 15) is 10.1 Å². The molecule has 0 saturated heterocycles. The average Bonchev–Trinajstić information content (AvgIpc) is 1.62. The molecule has 10 heterocycles. The van der Waals surface area contributed by atoms with Gasteiger partial charge >= 0.3 is 0 Å². The molecule has 0 saturated carbocycles. The van der Waals surface area contributed by atoms with Crippen LogP contribution < -0.4 is 5.73 Å². The van der Waals surface area contributed by atoms with Gasteiger partial charge < -0.3 is 45.6 Å². The molecule has 0 bridgehead atoms. The van der Waals surface area contributed by atoms with Gasteiger partial charge in [0.25, 0.3) is 5.69 Å². The predicted molar refractivity (Wildman–Crippen MR) is 462 cm³/mol. The molecular formula is C95H70N16O2. The molecule has 0 atom stereocenters. The van der Waals surface area contributed by atoms with E-state index in [2.05, 4.69) is 241 Å². The van der Waals surface area contributed by atoms with E-state index in [4.69, 9.17) is 25.7 Å². The molecule has 0 radical (unpaired) electrons. The lowest BCUT2D eigenvalue weighted by atomic mass is 9.99.